The number of carbonyl (C=O) groups excluding carboxylic acids is 1. The van der Waals surface area contributed by atoms with Crippen LogP contribution in [0.25, 0.3) is 0 Å². The van der Waals surface area contributed by atoms with Gasteiger partial charge in [0.15, 0.2) is 17.0 Å². The number of pyridine rings is 1. The summed E-state index contributed by atoms with van der Waals surface area (Å²) in [5.74, 6) is -0.368. The van der Waals surface area contributed by atoms with Gasteiger partial charge in [-0.25, -0.2) is 4.99 Å². The van der Waals surface area contributed by atoms with Gasteiger partial charge in [0.2, 0.25) is 0 Å². The maximum Gasteiger partial charge on any atom is 0.413 e. The van der Waals surface area contributed by atoms with Crippen molar-refractivity contribution in [2.24, 2.45) is 4.99 Å². The lowest BCUT2D eigenvalue weighted by atomic mass is 10.1. The molecule has 2 aliphatic rings. The van der Waals surface area contributed by atoms with Crippen molar-refractivity contribution < 1.29 is 18.0 Å². The molecule has 3 rings (SSSR count). The van der Waals surface area contributed by atoms with Gasteiger partial charge in [0.25, 0.3) is 0 Å². The van der Waals surface area contributed by atoms with Gasteiger partial charge in [-0.05, 0) is 23.6 Å². The molecule has 0 aromatic carbocycles. The minimum absolute atomic E-state index is 0.299. The zero-order valence-electron chi connectivity index (χ0n) is 11.1. The Morgan fingerprint density at radius 2 is 2.05 bits per heavy atom. The van der Waals surface area contributed by atoms with E-state index in [0.717, 1.165) is 17.8 Å². The highest BCUT2D eigenvalue weighted by Gasteiger charge is 2.51. The first kappa shape index (κ1) is 14.8. The first-order chi connectivity index (χ1) is 10.5. The number of hydrogen-bond acceptors (Lipinski definition) is 5. The number of aromatic nitrogens is 1. The number of nitrogens with zero attached hydrogens (tertiary/aromatic N) is 3. The molecule has 2 unspecified atom stereocenters. The Hall–Kier alpha value is -2.09. The van der Waals surface area contributed by atoms with E-state index >= 15 is 0 Å². The van der Waals surface area contributed by atoms with Crippen LogP contribution in [0.5, 0.6) is 0 Å². The fraction of sp³-hybridized carbons (Fsp3) is 0.214. The molecule has 0 saturated carbocycles. The fourth-order valence-electron chi connectivity index (χ4n) is 2.22. The molecular weight excluding hydrogens is 315 g/mol. The highest BCUT2D eigenvalue weighted by molar-refractivity contribution is 8.16. The lowest BCUT2D eigenvalue weighted by Gasteiger charge is -2.23. The van der Waals surface area contributed by atoms with Crippen molar-refractivity contribution in [1.29, 1.82) is 0 Å². The van der Waals surface area contributed by atoms with E-state index < -0.39 is 18.3 Å². The average molecular weight is 325 g/mol. The normalized spacial score (nSPS) is 24.0. The van der Waals surface area contributed by atoms with Gasteiger partial charge < -0.3 is 4.90 Å². The van der Waals surface area contributed by atoms with Crippen LogP contribution in [-0.2, 0) is 0 Å². The van der Waals surface area contributed by atoms with Gasteiger partial charge in [0.1, 0.15) is 0 Å². The lowest BCUT2D eigenvalue weighted by molar-refractivity contribution is -0.150. The molecule has 0 bridgehead atoms. The second-order valence-corrected chi connectivity index (χ2v) is 5.53. The third-order valence-corrected chi connectivity index (χ3v) is 4.04. The molecule has 0 N–H and O–H groups in total. The van der Waals surface area contributed by atoms with Crippen LogP contribution < -0.4 is 0 Å². The Balaban J connectivity index is 1.82. The van der Waals surface area contributed by atoms with Gasteiger partial charge in [-0.1, -0.05) is 17.8 Å². The second kappa shape index (κ2) is 5.60. The second-order valence-electron chi connectivity index (χ2n) is 4.66. The molecule has 22 heavy (non-hydrogen) atoms. The van der Waals surface area contributed by atoms with E-state index in [2.05, 4.69) is 9.98 Å². The molecule has 0 saturated heterocycles. The fourth-order valence-corrected chi connectivity index (χ4v) is 3.01. The molecule has 0 fully saturated rings. The summed E-state index contributed by atoms with van der Waals surface area (Å²) in [6.07, 6.45) is 2.41. The number of allylic oxidation sites excluding steroid dienone is 1. The molecule has 0 aliphatic carbocycles. The Morgan fingerprint density at radius 1 is 1.32 bits per heavy atom. The summed E-state index contributed by atoms with van der Waals surface area (Å²) in [5, 5.41) is 1.96. The predicted octanol–water partition coefficient (Wildman–Crippen LogP) is 3.01. The molecular formula is C14H10F3N3OS. The molecule has 2 aliphatic heterocycles. The number of ketones is 1. The Kier molecular flexibility index (Phi) is 3.78. The Labute approximate surface area is 128 Å². The monoisotopic (exact) mass is 325 g/mol. The van der Waals surface area contributed by atoms with E-state index in [-0.39, 0.29) is 5.78 Å². The van der Waals surface area contributed by atoms with Crippen LogP contribution in [-0.4, -0.2) is 39.1 Å². The smallest absolute Gasteiger partial charge is 0.318 e. The number of halogens is 3. The van der Waals surface area contributed by atoms with Crippen molar-refractivity contribution in [3.05, 3.63) is 53.8 Å². The number of amidine groups is 1. The first-order valence-electron chi connectivity index (χ1n) is 6.35. The number of hydrogen-bond donors (Lipinski definition) is 0. The largest absolute Gasteiger partial charge is 0.413 e. The molecule has 8 heteroatoms. The van der Waals surface area contributed by atoms with Gasteiger partial charge >= 0.3 is 6.18 Å². The third-order valence-electron chi connectivity index (χ3n) is 3.25. The number of aliphatic imine (C=N–C) groups is 1. The molecule has 1 aromatic heterocycles. The van der Waals surface area contributed by atoms with Crippen molar-refractivity contribution in [2.75, 3.05) is 0 Å². The highest BCUT2D eigenvalue weighted by atomic mass is 32.2. The summed E-state index contributed by atoms with van der Waals surface area (Å²) >= 11 is 1.14. The summed E-state index contributed by atoms with van der Waals surface area (Å²) in [5.41, 5.74) is 0.375. The summed E-state index contributed by atoms with van der Waals surface area (Å²) in [4.78, 5) is 20.9. The first-order valence-corrected chi connectivity index (χ1v) is 7.23. The van der Waals surface area contributed by atoms with Crippen molar-refractivity contribution in [2.45, 2.75) is 18.3 Å². The maximum atomic E-state index is 13.1. The molecule has 2 atom stereocenters. The topological polar surface area (TPSA) is 45.6 Å². The summed E-state index contributed by atoms with van der Waals surface area (Å²) in [6, 6.07) is 0.125. The van der Waals surface area contributed by atoms with Gasteiger partial charge in [-0.2, -0.15) is 13.2 Å². The van der Waals surface area contributed by atoms with Crippen molar-refractivity contribution >= 4 is 22.7 Å². The van der Waals surface area contributed by atoms with E-state index in [9.17, 15) is 18.0 Å². The predicted molar refractivity (Wildman–Crippen MR) is 77.3 cm³/mol. The standard InChI is InChI=1S/C14H10F3N3OS/c15-14(16,17)12-10(20-7-8-22-13(20)19-12)1-2-11(21)9-3-5-18-6-4-9/h1-8,10,12H/b2-1+. The van der Waals surface area contributed by atoms with Gasteiger partial charge in [0, 0.05) is 24.2 Å². The Bertz CT molecular complexity index is 670. The number of alkyl halides is 3. The molecule has 0 spiro atoms. The van der Waals surface area contributed by atoms with Gasteiger partial charge in [-0.3, -0.25) is 9.78 Å². The van der Waals surface area contributed by atoms with Crippen LogP contribution in [0.15, 0.2) is 53.3 Å². The van der Waals surface area contributed by atoms with Crippen LogP contribution in [0.4, 0.5) is 13.2 Å². The average Bonchev–Trinajstić information content (AvgIpc) is 3.06. The van der Waals surface area contributed by atoms with Crippen LogP contribution >= 0.6 is 11.8 Å². The summed E-state index contributed by atoms with van der Waals surface area (Å²) < 4.78 is 39.2. The lowest BCUT2D eigenvalue weighted by Crippen LogP contribution is -2.40. The van der Waals surface area contributed by atoms with E-state index in [0.29, 0.717) is 10.7 Å². The van der Waals surface area contributed by atoms with Gasteiger partial charge in [-0.15, -0.1) is 0 Å². The number of thioether (sulfide) groups is 1. The maximum absolute atomic E-state index is 13.1. The minimum Gasteiger partial charge on any atom is -0.318 e. The molecule has 1 aromatic rings. The number of rotatable bonds is 3. The summed E-state index contributed by atoms with van der Waals surface area (Å²) in [6.45, 7) is 0. The number of carbonyl (C=O) groups is 1. The van der Waals surface area contributed by atoms with Crippen molar-refractivity contribution in [1.82, 2.24) is 9.88 Å². The Morgan fingerprint density at radius 3 is 2.73 bits per heavy atom. The van der Waals surface area contributed by atoms with Crippen LogP contribution in [0.3, 0.4) is 0 Å². The zero-order valence-corrected chi connectivity index (χ0v) is 11.9. The van der Waals surface area contributed by atoms with Crippen molar-refractivity contribution in [3.63, 3.8) is 0 Å². The van der Waals surface area contributed by atoms with E-state index in [1.54, 1.807) is 11.6 Å². The minimum atomic E-state index is -4.46. The molecule has 0 radical (unpaired) electrons. The van der Waals surface area contributed by atoms with Crippen molar-refractivity contribution in [3.8, 4) is 0 Å². The molecule has 0 amide bonds. The SMILES string of the molecule is O=C(/C=C/C1C(C(F)(F)F)N=C2SC=CN21)c1ccncc1. The molecule has 4 nitrogen and oxygen atoms in total. The molecule has 114 valence electrons. The van der Waals surface area contributed by atoms with Gasteiger partial charge in [0.05, 0.1) is 6.04 Å². The van der Waals surface area contributed by atoms with Crippen LogP contribution in [0.2, 0.25) is 0 Å². The number of fused-ring (bicyclic) bond motifs is 1. The quantitative estimate of drug-likeness (QED) is 0.633. The highest BCUT2D eigenvalue weighted by Crippen LogP contribution is 2.38. The zero-order chi connectivity index (χ0) is 15.7. The summed E-state index contributed by atoms with van der Waals surface area (Å²) in [7, 11) is 0. The van der Waals surface area contributed by atoms with E-state index in [1.807, 2.05) is 0 Å². The van der Waals surface area contributed by atoms with E-state index in [4.69, 9.17) is 0 Å². The third kappa shape index (κ3) is 2.78. The van der Waals surface area contributed by atoms with E-state index in [1.165, 1.54) is 35.5 Å². The molecule has 3 heterocycles. The van der Waals surface area contributed by atoms with Crippen LogP contribution in [0, 0.1) is 0 Å². The van der Waals surface area contributed by atoms with Crippen LogP contribution in [0.1, 0.15) is 10.4 Å².